The van der Waals surface area contributed by atoms with Crippen LogP contribution < -0.4 is 11.5 Å². The summed E-state index contributed by atoms with van der Waals surface area (Å²) in [4.78, 5) is 25.8. The van der Waals surface area contributed by atoms with Crippen LogP contribution in [0.5, 0.6) is 0 Å². The van der Waals surface area contributed by atoms with Crippen molar-refractivity contribution in [3.8, 4) is 0 Å². The summed E-state index contributed by atoms with van der Waals surface area (Å²) in [6.45, 7) is -7.58. The van der Waals surface area contributed by atoms with Crippen LogP contribution >= 0.6 is 0 Å². The van der Waals surface area contributed by atoms with Gasteiger partial charge in [-0.25, -0.2) is 9.59 Å². The molecule has 0 saturated carbocycles. The molecule has 0 amide bonds. The Morgan fingerprint density at radius 2 is 0.590 bits per heavy atom. The first kappa shape index (κ1) is 111. The van der Waals surface area contributed by atoms with Gasteiger partial charge in [-0.05, 0) is 6.92 Å². The van der Waals surface area contributed by atoms with Gasteiger partial charge in [0.1, 0.15) is 194 Å². The molecule has 0 aromatic carbocycles. The summed E-state index contributed by atoms with van der Waals surface area (Å²) in [6, 6.07) is -3.50. The van der Waals surface area contributed by atoms with Crippen molar-refractivity contribution in [3.05, 3.63) is 0 Å². The molecule has 55 atom stereocenters. The van der Waals surface area contributed by atoms with E-state index in [0.717, 1.165) is 0 Å². The first-order chi connectivity index (χ1) is 63.2. The Bertz CT molecular complexity index is 3640. The number of aliphatic hydroxyl groups excluding tert-OH is 30. The first-order valence-electron chi connectivity index (χ1n) is 43.6. The lowest BCUT2D eigenvalue weighted by Gasteiger charge is -2.52. The minimum atomic E-state index is -3.07. The van der Waals surface area contributed by atoms with Gasteiger partial charge >= 0.3 is 11.9 Å². The van der Waals surface area contributed by atoms with Crippen LogP contribution in [0.3, 0.4) is 0 Å². The van der Waals surface area contributed by atoms with Crippen LogP contribution in [0.25, 0.3) is 0 Å². The predicted molar refractivity (Wildman–Crippen MR) is 417 cm³/mol. The number of carbonyl (C=O) groups is 2. The normalized spacial score (nSPS) is 51.6. The first-order valence-corrected chi connectivity index (χ1v) is 43.6. The second-order valence-electron chi connectivity index (χ2n) is 35.8. The number of aliphatic carboxylic acids is 2. The second-order valence-corrected chi connectivity index (χ2v) is 35.8. The summed E-state index contributed by atoms with van der Waals surface area (Å²) in [5, 5.41) is 356. The van der Waals surface area contributed by atoms with E-state index in [-0.39, 0.29) is 0 Å². The van der Waals surface area contributed by atoms with E-state index in [0.29, 0.717) is 0 Å². The molecule has 0 aromatic rings. The van der Waals surface area contributed by atoms with Crippen LogP contribution in [0.1, 0.15) is 47.5 Å². The molecule has 36 N–H and O–H groups in total. The van der Waals surface area contributed by atoms with Gasteiger partial charge in [-0.2, -0.15) is 0 Å². The van der Waals surface area contributed by atoms with Crippen molar-refractivity contribution in [1.29, 1.82) is 0 Å². The third kappa shape index (κ3) is 21.9. The number of carboxylic acids is 2. The van der Waals surface area contributed by atoms with E-state index in [9.17, 15) is 173 Å². The van der Waals surface area contributed by atoms with Crippen LogP contribution in [0.15, 0.2) is 0 Å². The Hall–Kier alpha value is -3.18. The molecule has 780 valence electrons. The van der Waals surface area contributed by atoms with Crippen molar-refractivity contribution in [2.45, 2.75) is 358 Å². The van der Waals surface area contributed by atoms with E-state index in [1.54, 1.807) is 13.8 Å². The van der Waals surface area contributed by atoms with Gasteiger partial charge in [0.15, 0.2) is 50.3 Å². The summed E-state index contributed by atoms with van der Waals surface area (Å²) in [7, 11) is 0. The minimum absolute atomic E-state index is 0.585. The average Bonchev–Trinajstić information content (AvgIpc) is 0.740. The van der Waals surface area contributed by atoms with E-state index in [4.69, 9.17) is 111 Å². The van der Waals surface area contributed by atoms with Gasteiger partial charge in [-0.3, -0.25) is 0 Å². The van der Waals surface area contributed by atoms with Crippen molar-refractivity contribution in [2.75, 3.05) is 85.9 Å². The third-order valence-corrected chi connectivity index (χ3v) is 27.3. The van der Waals surface area contributed by atoms with Crippen molar-refractivity contribution in [1.82, 2.24) is 0 Å². The van der Waals surface area contributed by atoms with Gasteiger partial charge in [0.25, 0.3) is 11.6 Å². The van der Waals surface area contributed by atoms with Gasteiger partial charge in [0.2, 0.25) is 0 Å². The van der Waals surface area contributed by atoms with E-state index in [2.05, 4.69) is 0 Å². The molecule has 0 aliphatic carbocycles. The molecular weight excluding hydrogens is 1830 g/mol. The molecule has 11 aliphatic heterocycles. The zero-order chi connectivity index (χ0) is 99.1. The standard InChI is InChI=1S/C77H132N2O55/c1-21-25(5)117-30(10-82)55(39(21)94)126-64-22(2)40(95)58(33(13-85)120-64)129-69-54(109)59(130-71-61(51(106)44(99)29(9-81)119-71)132-66-24(4)42(97)57(32(12-84)122-66)128-68-53(108)49(104)46(101)36(125-68)18-116-77(73(112)113)7-27(91)63(79)75(20-89,134-77)38(93)15-87)47(102)34(123-69)16-114-70-60(50(105)43(98)28(8-80)118-70)131-65-23(3)41(96)56(31(11-83)121-65)127-67-52(107)48(103)45(100)35(124-67)17-115-76(72(110)111)6-26(90)62(78)74(19-88,133-76)37(92)14-86/h21-71,80-109H,6-20,78-79H2,1-5H3,(H,110,111)(H,112,113)/t21-,22+,23?,24+,25+,26-,27-,28?,29-,30?,31+,32?,33?,34?,35?,36?,37?,38?,39?,40?,41?,42?,43-,44-,45+,46+,47-,48?,49?,50?,51?,52+,53+,54-,55-,56-,57-,58-,59?,60-,61?,62-,63-,64+,65+,66+,67+,68+,69+,70+,71-,74?,75?,76-,77-/m1/s1. The van der Waals surface area contributed by atoms with Crippen molar-refractivity contribution in [2.24, 2.45) is 35.1 Å². The fraction of sp³-hybridized carbons (Fsp3) is 0.974. The molecule has 22 unspecified atom stereocenters. The average molecular weight is 1970 g/mol. The molecule has 11 aliphatic rings. The maximum absolute atomic E-state index is 12.9. The highest BCUT2D eigenvalue weighted by atomic mass is 16.8. The van der Waals surface area contributed by atoms with Crippen LogP contribution in [0.4, 0.5) is 0 Å². The lowest BCUT2D eigenvalue weighted by atomic mass is 9.80. The monoisotopic (exact) mass is 1960 g/mol. The lowest BCUT2D eigenvalue weighted by molar-refractivity contribution is -0.402. The molecule has 57 heteroatoms. The molecule has 11 rings (SSSR count). The van der Waals surface area contributed by atoms with E-state index in [1.165, 1.54) is 20.8 Å². The Kier molecular flexibility index (Phi) is 38.4. The van der Waals surface area contributed by atoms with Crippen LogP contribution in [0.2, 0.25) is 0 Å². The summed E-state index contributed by atoms with van der Waals surface area (Å²) < 4.78 is 125. The molecule has 134 heavy (non-hydrogen) atoms. The number of rotatable bonds is 37. The Labute approximate surface area is 761 Å². The van der Waals surface area contributed by atoms with Crippen LogP contribution in [-0.2, 0) is 109 Å². The number of carboxylic acid groups (broad SMARTS) is 2. The van der Waals surface area contributed by atoms with E-state index in [1.807, 2.05) is 0 Å². The van der Waals surface area contributed by atoms with Crippen molar-refractivity contribution < 1.29 is 272 Å². The molecule has 0 spiro atoms. The maximum atomic E-state index is 12.9. The second kappa shape index (κ2) is 46.3. The SMILES string of the molecule is CC1C(O)[C@H](O[C@@H]2OC(CO[C@]3(C(=O)O)C[C@@H](O)[C@@H](N)C(CO)(C(O)CO)O3)[C@H](O)C(O)[C@@H]2O)[C@H](CO)O[C@H]1O[C@@H]1C(O)[C@H](O)C(CO)O[C@@H]1OCC1O[C@@H](O[C@@H]2C(CO)O[C@@H](O[C@@H]3C(CO)O[C@@H](C)[C@@H](C)C3O)[C@@H](C)C2O)[C@H](O)C(O[C@H]2O[C@H](CO)[C@@H](O)C(O)C2O[C@@H]2OC(CO)[C@@H](O[C@@H]3OC(CO[C@]4(C(=O)O)C[C@@H](O)[C@@H](N)C(CO)(C(O)CO)O4)[C@H](O)C(O)[C@@H]3O)C(O)[C@@H]2C)[C@@H]1O. The van der Waals surface area contributed by atoms with E-state index >= 15 is 0 Å². The lowest BCUT2D eigenvalue weighted by Crippen LogP contribution is -2.74. The van der Waals surface area contributed by atoms with E-state index < -0.39 is 445 Å². The number of hydrogen-bond acceptors (Lipinski definition) is 55. The molecule has 0 bridgehead atoms. The van der Waals surface area contributed by atoms with Gasteiger partial charge < -0.3 is 274 Å². The molecule has 0 radical (unpaired) electrons. The highest BCUT2D eigenvalue weighted by molar-refractivity contribution is 5.76. The zero-order valence-electron chi connectivity index (χ0n) is 72.9. The number of ether oxygens (including phenoxy) is 21. The number of aliphatic hydroxyl groups is 30. The number of nitrogens with two attached hydrogens (primary N) is 2. The predicted octanol–water partition coefficient (Wildman–Crippen LogP) is -20.5. The summed E-state index contributed by atoms with van der Waals surface area (Å²) >= 11 is 0. The fourth-order valence-electron chi connectivity index (χ4n) is 18.4. The summed E-state index contributed by atoms with van der Waals surface area (Å²) in [5.41, 5.74) is 6.83. The zero-order valence-corrected chi connectivity index (χ0v) is 72.9. The highest BCUT2D eigenvalue weighted by Gasteiger charge is 2.67. The fourth-order valence-corrected chi connectivity index (χ4v) is 18.4. The Morgan fingerprint density at radius 3 is 0.933 bits per heavy atom. The largest absolute Gasteiger partial charge is 0.477 e. The molecule has 57 nitrogen and oxygen atoms in total. The van der Waals surface area contributed by atoms with Gasteiger partial charge in [0, 0.05) is 36.5 Å². The van der Waals surface area contributed by atoms with Crippen LogP contribution in [0, 0.1) is 23.7 Å². The maximum Gasteiger partial charge on any atom is 0.364 e. The van der Waals surface area contributed by atoms with Gasteiger partial charge in [-0.1, -0.05) is 27.7 Å². The van der Waals surface area contributed by atoms with Crippen LogP contribution in [-0.4, -0.2) is 572 Å². The quantitative estimate of drug-likeness (QED) is 0.0275. The molecule has 0 aromatic heterocycles. The molecule has 11 fully saturated rings. The molecular formula is C77H132N2O55. The Morgan fingerprint density at radius 1 is 0.306 bits per heavy atom. The Balaban J connectivity index is 0.834. The summed E-state index contributed by atoms with van der Waals surface area (Å²) in [6.07, 6.45) is -91.5. The van der Waals surface area contributed by atoms with Crippen molar-refractivity contribution in [3.63, 3.8) is 0 Å². The topological polar surface area (TPSA) is 927 Å². The van der Waals surface area contributed by atoms with Crippen molar-refractivity contribution >= 4 is 11.9 Å². The minimum Gasteiger partial charge on any atom is -0.477 e. The molecule has 11 heterocycles. The van der Waals surface area contributed by atoms with Gasteiger partial charge in [-0.15, -0.1) is 0 Å². The smallest absolute Gasteiger partial charge is 0.364 e. The number of hydrogen-bond donors (Lipinski definition) is 34. The third-order valence-electron chi connectivity index (χ3n) is 27.3. The molecule has 11 saturated heterocycles. The highest BCUT2D eigenvalue weighted by Crippen LogP contribution is 2.46. The van der Waals surface area contributed by atoms with Gasteiger partial charge in [0.05, 0.1) is 141 Å². The summed E-state index contributed by atoms with van der Waals surface area (Å²) in [5.74, 6) is -15.0.